The number of rotatable bonds is 7. The fourth-order valence-electron chi connectivity index (χ4n) is 3.03. The molecule has 0 radical (unpaired) electrons. The smallest absolute Gasteiger partial charge is 0.286 e. The van der Waals surface area contributed by atoms with Gasteiger partial charge in [-0.05, 0) is 49.8 Å². The first-order chi connectivity index (χ1) is 10.5. The van der Waals surface area contributed by atoms with Crippen LogP contribution >= 0.6 is 0 Å². The van der Waals surface area contributed by atoms with Crippen LogP contribution in [0.5, 0.6) is 0 Å². The van der Waals surface area contributed by atoms with Gasteiger partial charge < -0.3 is 4.90 Å². The molecule has 0 spiro atoms. The highest BCUT2D eigenvalue weighted by molar-refractivity contribution is 7.86. The van der Waals surface area contributed by atoms with E-state index in [1.54, 1.807) is 11.8 Å². The number of aryl methyl sites for hydroxylation is 1. The standard InChI is InChI=1S/C17H25NO3S/c1-2-17(22(19,20)21)18-13-11-16(12-14-18)10-6-9-15-7-4-3-5-8-15/h3-5,7-8,11,13,16-17H,2,6,9-10,12,14H2,1H3,(H,19,20,21). The predicted octanol–water partition coefficient (Wildman–Crippen LogP) is 3.47. The third-order valence-corrected chi connectivity index (χ3v) is 5.55. The lowest BCUT2D eigenvalue weighted by atomic mass is 9.94. The second kappa shape index (κ2) is 7.79. The van der Waals surface area contributed by atoms with E-state index in [0.717, 1.165) is 25.7 Å². The van der Waals surface area contributed by atoms with Gasteiger partial charge in [0.15, 0.2) is 5.37 Å². The zero-order chi connectivity index (χ0) is 16.0. The van der Waals surface area contributed by atoms with E-state index < -0.39 is 15.5 Å². The SMILES string of the molecule is CCC(N1C=CC(CCCc2ccccc2)CC1)S(=O)(=O)O. The Morgan fingerprint density at radius 2 is 2.05 bits per heavy atom. The van der Waals surface area contributed by atoms with Crippen LogP contribution in [0.3, 0.4) is 0 Å². The van der Waals surface area contributed by atoms with Crippen molar-refractivity contribution in [3.63, 3.8) is 0 Å². The van der Waals surface area contributed by atoms with Gasteiger partial charge in [-0.15, -0.1) is 0 Å². The van der Waals surface area contributed by atoms with E-state index in [-0.39, 0.29) is 0 Å². The van der Waals surface area contributed by atoms with Crippen LogP contribution < -0.4 is 0 Å². The maximum absolute atomic E-state index is 11.4. The number of hydrogen-bond acceptors (Lipinski definition) is 3. The molecule has 1 aromatic rings. The molecule has 1 aliphatic heterocycles. The molecule has 4 nitrogen and oxygen atoms in total. The fraction of sp³-hybridized carbons (Fsp3) is 0.529. The van der Waals surface area contributed by atoms with Gasteiger partial charge in [0, 0.05) is 6.54 Å². The summed E-state index contributed by atoms with van der Waals surface area (Å²) in [4.78, 5) is 1.74. The van der Waals surface area contributed by atoms with E-state index in [4.69, 9.17) is 0 Å². The van der Waals surface area contributed by atoms with Crippen molar-refractivity contribution in [2.45, 2.75) is 44.4 Å². The van der Waals surface area contributed by atoms with Gasteiger partial charge in [-0.2, -0.15) is 8.42 Å². The quantitative estimate of drug-likeness (QED) is 0.781. The molecule has 0 aliphatic carbocycles. The monoisotopic (exact) mass is 323 g/mol. The summed E-state index contributed by atoms with van der Waals surface area (Å²) < 4.78 is 32.0. The van der Waals surface area contributed by atoms with Gasteiger partial charge in [0.25, 0.3) is 10.1 Å². The summed E-state index contributed by atoms with van der Waals surface area (Å²) in [5.74, 6) is 0.499. The summed E-state index contributed by atoms with van der Waals surface area (Å²) in [6.07, 6.45) is 8.59. The van der Waals surface area contributed by atoms with E-state index in [1.807, 2.05) is 12.3 Å². The minimum Gasteiger partial charge on any atom is -0.359 e. The van der Waals surface area contributed by atoms with Crippen molar-refractivity contribution in [2.75, 3.05) is 6.54 Å². The Labute approximate surface area is 133 Å². The van der Waals surface area contributed by atoms with Gasteiger partial charge in [0.1, 0.15) is 0 Å². The topological polar surface area (TPSA) is 57.6 Å². The Balaban J connectivity index is 1.81. The number of nitrogens with zero attached hydrogens (tertiary/aromatic N) is 1. The molecule has 0 bridgehead atoms. The van der Waals surface area contributed by atoms with E-state index >= 15 is 0 Å². The summed E-state index contributed by atoms with van der Waals surface area (Å²) >= 11 is 0. The van der Waals surface area contributed by atoms with Gasteiger partial charge in [-0.25, -0.2) is 0 Å². The summed E-state index contributed by atoms with van der Waals surface area (Å²) in [6.45, 7) is 2.46. The molecular weight excluding hydrogens is 298 g/mol. The Kier molecular flexibility index (Phi) is 6.03. The first kappa shape index (κ1) is 17.0. The van der Waals surface area contributed by atoms with Gasteiger partial charge in [-0.3, -0.25) is 4.55 Å². The third-order valence-electron chi connectivity index (χ3n) is 4.25. The molecule has 2 atom stereocenters. The van der Waals surface area contributed by atoms with Crippen molar-refractivity contribution in [1.82, 2.24) is 4.90 Å². The average molecular weight is 323 g/mol. The first-order valence-corrected chi connectivity index (χ1v) is 9.45. The highest BCUT2D eigenvalue weighted by Gasteiger charge is 2.28. The maximum atomic E-state index is 11.4. The van der Waals surface area contributed by atoms with Crippen LogP contribution in [0.2, 0.25) is 0 Å². The Hall–Kier alpha value is -1.33. The number of allylic oxidation sites excluding steroid dienone is 1. The van der Waals surface area contributed by atoms with Crippen LogP contribution in [0.4, 0.5) is 0 Å². The molecule has 22 heavy (non-hydrogen) atoms. The zero-order valence-electron chi connectivity index (χ0n) is 13.1. The normalized spacial score (nSPS) is 20.1. The van der Waals surface area contributed by atoms with Crippen LogP contribution in [-0.2, 0) is 16.5 Å². The minimum atomic E-state index is -4.01. The molecule has 122 valence electrons. The van der Waals surface area contributed by atoms with Crippen LogP contribution in [0.25, 0.3) is 0 Å². The third kappa shape index (κ3) is 4.85. The summed E-state index contributed by atoms with van der Waals surface area (Å²) in [6, 6.07) is 10.5. The van der Waals surface area contributed by atoms with Crippen molar-refractivity contribution in [1.29, 1.82) is 0 Å². The molecule has 1 heterocycles. The fourth-order valence-corrected chi connectivity index (χ4v) is 3.97. The number of benzene rings is 1. The van der Waals surface area contributed by atoms with E-state index in [0.29, 0.717) is 18.9 Å². The van der Waals surface area contributed by atoms with Crippen molar-refractivity contribution in [3.05, 3.63) is 48.2 Å². The lowest BCUT2D eigenvalue weighted by molar-refractivity contribution is 0.273. The van der Waals surface area contributed by atoms with E-state index in [2.05, 4.69) is 30.3 Å². The highest BCUT2D eigenvalue weighted by atomic mass is 32.2. The molecule has 1 N–H and O–H groups in total. The Morgan fingerprint density at radius 3 is 2.59 bits per heavy atom. The predicted molar refractivity (Wildman–Crippen MR) is 89.0 cm³/mol. The maximum Gasteiger partial charge on any atom is 0.286 e. The molecule has 0 amide bonds. The molecule has 2 rings (SSSR count). The highest BCUT2D eigenvalue weighted by Crippen LogP contribution is 2.23. The van der Waals surface area contributed by atoms with Crippen molar-refractivity contribution in [2.24, 2.45) is 5.92 Å². The molecular formula is C17H25NO3S. The molecule has 0 saturated heterocycles. The summed E-state index contributed by atoms with van der Waals surface area (Å²) in [5, 5.41) is -0.811. The van der Waals surface area contributed by atoms with Crippen molar-refractivity contribution in [3.8, 4) is 0 Å². The Bertz CT molecular complexity index is 583. The Morgan fingerprint density at radius 1 is 1.32 bits per heavy atom. The van der Waals surface area contributed by atoms with Gasteiger partial charge in [-0.1, -0.05) is 43.3 Å². The lowest BCUT2D eigenvalue weighted by Crippen LogP contribution is -2.39. The lowest BCUT2D eigenvalue weighted by Gasteiger charge is -2.32. The molecule has 2 unspecified atom stereocenters. The van der Waals surface area contributed by atoms with Crippen LogP contribution in [-0.4, -0.2) is 29.8 Å². The van der Waals surface area contributed by atoms with Gasteiger partial charge in [0.2, 0.25) is 0 Å². The van der Waals surface area contributed by atoms with Crippen LogP contribution in [0.1, 0.15) is 38.2 Å². The zero-order valence-corrected chi connectivity index (χ0v) is 13.9. The molecule has 1 aromatic carbocycles. The average Bonchev–Trinajstić information content (AvgIpc) is 2.49. The van der Waals surface area contributed by atoms with Crippen molar-refractivity contribution >= 4 is 10.1 Å². The van der Waals surface area contributed by atoms with Crippen LogP contribution in [0, 0.1) is 5.92 Å². The second-order valence-corrected chi connectivity index (χ2v) is 7.46. The molecule has 5 heteroatoms. The van der Waals surface area contributed by atoms with Gasteiger partial charge >= 0.3 is 0 Å². The molecule has 0 aromatic heterocycles. The van der Waals surface area contributed by atoms with E-state index in [9.17, 15) is 13.0 Å². The minimum absolute atomic E-state index is 0.391. The summed E-state index contributed by atoms with van der Waals surface area (Å²) in [5.41, 5.74) is 1.36. The van der Waals surface area contributed by atoms with Crippen molar-refractivity contribution < 1.29 is 13.0 Å². The first-order valence-electron chi connectivity index (χ1n) is 7.95. The van der Waals surface area contributed by atoms with Gasteiger partial charge in [0.05, 0.1) is 0 Å². The summed E-state index contributed by atoms with van der Waals surface area (Å²) in [7, 11) is -4.01. The second-order valence-electron chi connectivity index (χ2n) is 5.88. The van der Waals surface area contributed by atoms with Crippen LogP contribution in [0.15, 0.2) is 42.6 Å². The molecule has 1 aliphatic rings. The number of hydrogen-bond donors (Lipinski definition) is 1. The molecule has 0 fully saturated rings. The molecule has 0 saturated carbocycles. The van der Waals surface area contributed by atoms with E-state index in [1.165, 1.54) is 5.56 Å². The largest absolute Gasteiger partial charge is 0.359 e.